The van der Waals surface area contributed by atoms with E-state index < -0.39 is 15.7 Å². The molecule has 6 nitrogen and oxygen atoms in total. The van der Waals surface area contributed by atoms with Gasteiger partial charge in [0.05, 0.1) is 23.4 Å². The number of ether oxygens (including phenoxy) is 1. The Kier molecular flexibility index (Phi) is 4.08. The van der Waals surface area contributed by atoms with Crippen LogP contribution in [0.15, 0.2) is 29.4 Å². The smallest absolute Gasteiger partial charge is 0.182 e. The van der Waals surface area contributed by atoms with E-state index in [1.54, 1.807) is 6.92 Å². The third-order valence-corrected chi connectivity index (χ3v) is 3.92. The molecule has 8 heteroatoms. The molecule has 1 aromatic carbocycles. The lowest BCUT2D eigenvalue weighted by atomic mass is 10.3. The van der Waals surface area contributed by atoms with Crippen LogP contribution in [0, 0.1) is 12.7 Å². The number of hydrogen-bond donors (Lipinski definition) is 1. The lowest BCUT2D eigenvalue weighted by molar-refractivity contribution is 0.409. The summed E-state index contributed by atoms with van der Waals surface area (Å²) >= 11 is 0. The Morgan fingerprint density at radius 3 is 2.57 bits per heavy atom. The largest absolute Gasteiger partial charge is 0.491 e. The number of hydrogen-bond acceptors (Lipinski definition) is 6. The lowest BCUT2D eigenvalue weighted by Gasteiger charge is -2.12. The van der Waals surface area contributed by atoms with Crippen molar-refractivity contribution in [2.24, 2.45) is 0 Å². The quantitative estimate of drug-likeness (QED) is 0.931. The van der Waals surface area contributed by atoms with Crippen molar-refractivity contribution in [2.45, 2.75) is 11.8 Å². The third kappa shape index (κ3) is 3.27. The Balaban J connectivity index is 2.40. The summed E-state index contributed by atoms with van der Waals surface area (Å²) in [4.78, 5) is 7.87. The Hall–Kier alpha value is -2.22. The molecule has 0 radical (unpaired) electrons. The lowest BCUT2D eigenvalue weighted by Crippen LogP contribution is -2.03. The predicted octanol–water partition coefficient (Wildman–Crippen LogP) is 2.08. The van der Waals surface area contributed by atoms with Crippen LogP contribution in [0.4, 0.5) is 15.9 Å². The number of aromatic nitrogens is 2. The summed E-state index contributed by atoms with van der Waals surface area (Å²) in [5.41, 5.74) is 0.696. The molecular weight excluding hydrogens is 297 g/mol. The summed E-state index contributed by atoms with van der Waals surface area (Å²) in [6, 6.07) is 3.61. The van der Waals surface area contributed by atoms with Gasteiger partial charge in [-0.25, -0.2) is 22.8 Å². The Morgan fingerprint density at radius 2 is 2.00 bits per heavy atom. The van der Waals surface area contributed by atoms with E-state index in [2.05, 4.69) is 15.3 Å². The summed E-state index contributed by atoms with van der Waals surface area (Å²) in [6.45, 7) is 1.73. The fourth-order valence-electron chi connectivity index (χ4n) is 1.75. The Bertz CT molecular complexity index is 778. The van der Waals surface area contributed by atoms with Crippen LogP contribution in [0.5, 0.6) is 5.75 Å². The minimum absolute atomic E-state index is 0.0867. The number of benzene rings is 1. The molecule has 0 bridgehead atoms. The third-order valence-electron chi connectivity index (χ3n) is 2.81. The van der Waals surface area contributed by atoms with Gasteiger partial charge in [-0.2, -0.15) is 0 Å². The molecule has 0 saturated carbocycles. The fraction of sp³-hybridized carbons (Fsp3) is 0.231. The van der Waals surface area contributed by atoms with E-state index in [1.165, 1.54) is 25.6 Å². The van der Waals surface area contributed by atoms with Gasteiger partial charge >= 0.3 is 0 Å². The average molecular weight is 311 g/mol. The second kappa shape index (κ2) is 5.65. The number of rotatable bonds is 4. The second-order valence-corrected chi connectivity index (χ2v) is 6.40. The molecule has 2 aromatic rings. The van der Waals surface area contributed by atoms with E-state index in [0.717, 1.165) is 12.3 Å². The SMILES string of the molecule is COc1c(C)ncnc1Nc1ccc(S(C)(=O)=O)cc1F. The minimum Gasteiger partial charge on any atom is -0.491 e. The highest BCUT2D eigenvalue weighted by Gasteiger charge is 2.14. The Labute approximate surface area is 121 Å². The van der Waals surface area contributed by atoms with E-state index in [0.29, 0.717) is 17.3 Å². The molecule has 0 aliphatic rings. The molecule has 0 atom stereocenters. The van der Waals surface area contributed by atoms with Crippen LogP contribution in [-0.2, 0) is 9.84 Å². The molecule has 0 amide bonds. The van der Waals surface area contributed by atoms with E-state index in [1.807, 2.05) is 0 Å². The maximum Gasteiger partial charge on any atom is 0.182 e. The topological polar surface area (TPSA) is 81.2 Å². The van der Waals surface area contributed by atoms with Crippen LogP contribution >= 0.6 is 0 Å². The molecule has 0 aliphatic carbocycles. The van der Waals surface area contributed by atoms with Gasteiger partial charge in [0, 0.05) is 6.26 Å². The van der Waals surface area contributed by atoms with Crippen molar-refractivity contribution >= 4 is 21.3 Å². The van der Waals surface area contributed by atoms with Crippen LogP contribution in [-0.4, -0.2) is 31.8 Å². The Morgan fingerprint density at radius 1 is 1.29 bits per heavy atom. The van der Waals surface area contributed by atoms with Crippen molar-refractivity contribution in [2.75, 3.05) is 18.7 Å². The molecule has 0 unspecified atom stereocenters. The van der Waals surface area contributed by atoms with Crippen molar-refractivity contribution in [3.05, 3.63) is 36.0 Å². The summed E-state index contributed by atoms with van der Waals surface area (Å²) < 4.78 is 41.9. The average Bonchev–Trinajstić information content (AvgIpc) is 2.40. The molecule has 1 aromatic heterocycles. The molecule has 2 rings (SSSR count). The van der Waals surface area contributed by atoms with Gasteiger partial charge in [0.15, 0.2) is 21.4 Å². The zero-order valence-electron chi connectivity index (χ0n) is 11.7. The normalized spacial score (nSPS) is 11.2. The molecule has 21 heavy (non-hydrogen) atoms. The van der Waals surface area contributed by atoms with Gasteiger partial charge in [-0.3, -0.25) is 0 Å². The van der Waals surface area contributed by atoms with E-state index in [4.69, 9.17) is 4.74 Å². The molecule has 0 spiro atoms. The van der Waals surface area contributed by atoms with Gasteiger partial charge in [0.25, 0.3) is 0 Å². The minimum atomic E-state index is -3.45. The number of aryl methyl sites for hydroxylation is 1. The summed E-state index contributed by atoms with van der Waals surface area (Å²) in [6.07, 6.45) is 2.34. The summed E-state index contributed by atoms with van der Waals surface area (Å²) in [7, 11) is -1.99. The van der Waals surface area contributed by atoms with Crippen molar-refractivity contribution in [1.29, 1.82) is 0 Å². The molecule has 1 heterocycles. The monoisotopic (exact) mass is 311 g/mol. The first-order valence-electron chi connectivity index (χ1n) is 5.95. The zero-order chi connectivity index (χ0) is 15.6. The van der Waals surface area contributed by atoms with Gasteiger partial charge in [-0.1, -0.05) is 0 Å². The van der Waals surface area contributed by atoms with E-state index >= 15 is 0 Å². The predicted molar refractivity (Wildman–Crippen MR) is 76.1 cm³/mol. The number of anilines is 2. The summed E-state index contributed by atoms with van der Waals surface area (Å²) in [5, 5.41) is 2.77. The van der Waals surface area contributed by atoms with E-state index in [9.17, 15) is 12.8 Å². The number of halogens is 1. The highest BCUT2D eigenvalue weighted by atomic mass is 32.2. The summed E-state index contributed by atoms with van der Waals surface area (Å²) in [5.74, 6) is -0.00339. The molecule has 1 N–H and O–H groups in total. The highest BCUT2D eigenvalue weighted by molar-refractivity contribution is 7.90. The molecular formula is C13H14FN3O3S. The first-order chi connectivity index (χ1) is 9.82. The maximum atomic E-state index is 14.0. The number of nitrogens with zero attached hydrogens (tertiary/aromatic N) is 2. The van der Waals surface area contributed by atoms with Crippen molar-refractivity contribution in [3.63, 3.8) is 0 Å². The first-order valence-corrected chi connectivity index (χ1v) is 7.84. The van der Waals surface area contributed by atoms with Gasteiger partial charge in [0.1, 0.15) is 12.1 Å². The fourth-order valence-corrected chi connectivity index (χ4v) is 2.38. The second-order valence-electron chi connectivity index (χ2n) is 4.38. The molecule has 0 fully saturated rings. The van der Waals surface area contributed by atoms with Crippen LogP contribution in [0.1, 0.15) is 5.69 Å². The standard InChI is InChI=1S/C13H14FN3O3S/c1-8-12(20-2)13(16-7-15-8)17-11-5-4-9(6-10(11)14)21(3,18)19/h4-7H,1-3H3,(H,15,16,17). The molecule has 0 saturated heterocycles. The molecule has 112 valence electrons. The van der Waals surface area contributed by atoms with Gasteiger partial charge in [-0.15, -0.1) is 0 Å². The molecule has 0 aliphatic heterocycles. The van der Waals surface area contributed by atoms with Crippen LogP contribution in [0.2, 0.25) is 0 Å². The number of sulfone groups is 1. The maximum absolute atomic E-state index is 14.0. The van der Waals surface area contributed by atoms with Gasteiger partial charge in [-0.05, 0) is 25.1 Å². The number of methoxy groups -OCH3 is 1. The van der Waals surface area contributed by atoms with Crippen LogP contribution in [0.25, 0.3) is 0 Å². The van der Waals surface area contributed by atoms with Crippen molar-refractivity contribution in [1.82, 2.24) is 9.97 Å². The highest BCUT2D eigenvalue weighted by Crippen LogP contribution is 2.29. The van der Waals surface area contributed by atoms with Gasteiger partial charge in [0.2, 0.25) is 0 Å². The van der Waals surface area contributed by atoms with E-state index in [-0.39, 0.29) is 10.6 Å². The van der Waals surface area contributed by atoms with Crippen LogP contribution < -0.4 is 10.1 Å². The first kappa shape index (κ1) is 15.2. The zero-order valence-corrected chi connectivity index (χ0v) is 12.5. The van der Waals surface area contributed by atoms with Gasteiger partial charge < -0.3 is 10.1 Å². The number of nitrogens with one attached hydrogen (secondary N) is 1. The van der Waals surface area contributed by atoms with Crippen molar-refractivity contribution in [3.8, 4) is 5.75 Å². The van der Waals surface area contributed by atoms with Crippen LogP contribution in [0.3, 0.4) is 0 Å². The van der Waals surface area contributed by atoms with Crippen molar-refractivity contribution < 1.29 is 17.5 Å².